The van der Waals surface area contributed by atoms with Crippen molar-refractivity contribution in [1.29, 1.82) is 0 Å². The molecule has 4 nitrogen and oxygen atoms in total. The van der Waals surface area contributed by atoms with Gasteiger partial charge in [0.05, 0.1) is 6.10 Å². The fraction of sp³-hybridized carbons (Fsp3) is 0.571. The molecule has 0 aromatic rings. The van der Waals surface area contributed by atoms with Crippen LogP contribution in [0.5, 0.6) is 0 Å². The number of hydrogen-bond donors (Lipinski definition) is 2. The van der Waals surface area contributed by atoms with Crippen LogP contribution in [0, 0.1) is 0 Å². The number of hydroxylamine groups is 1. The summed E-state index contributed by atoms with van der Waals surface area (Å²) in [7, 11) is 0. The minimum atomic E-state index is -0.349. The fourth-order valence-corrected chi connectivity index (χ4v) is 0.372. The van der Waals surface area contributed by atoms with Crippen LogP contribution in [-0.2, 0) is 4.84 Å². The monoisotopic (exact) mass is 158 g/mol. The molecular formula is C7H14N2O2. The van der Waals surface area contributed by atoms with Crippen LogP contribution < -0.4 is 10.8 Å². The summed E-state index contributed by atoms with van der Waals surface area (Å²) in [6.07, 6.45) is 1.58. The second-order valence-electron chi connectivity index (χ2n) is 2.27. The highest BCUT2D eigenvalue weighted by molar-refractivity contribution is 5.72. The van der Waals surface area contributed by atoms with Gasteiger partial charge in [0.25, 0.3) is 0 Å². The van der Waals surface area contributed by atoms with Crippen molar-refractivity contribution in [2.24, 2.45) is 0 Å². The first-order valence-electron chi connectivity index (χ1n) is 3.47. The Bertz CT molecular complexity index is 134. The van der Waals surface area contributed by atoms with E-state index in [4.69, 9.17) is 4.84 Å². The number of carbonyl (C=O) groups excluding carboxylic acids is 1. The molecule has 0 fully saturated rings. The topological polar surface area (TPSA) is 50.4 Å². The molecular weight excluding hydrogens is 144 g/mol. The first-order chi connectivity index (χ1) is 5.16. The van der Waals surface area contributed by atoms with Crippen LogP contribution >= 0.6 is 0 Å². The lowest BCUT2D eigenvalue weighted by atomic mass is 10.5. The van der Waals surface area contributed by atoms with Gasteiger partial charge in [-0.3, -0.25) is 4.84 Å². The number of nitrogens with one attached hydrogen (secondary N) is 2. The Morgan fingerprint density at radius 3 is 2.82 bits per heavy atom. The van der Waals surface area contributed by atoms with Crippen molar-refractivity contribution < 1.29 is 9.63 Å². The third-order valence-corrected chi connectivity index (χ3v) is 0.794. The van der Waals surface area contributed by atoms with E-state index in [2.05, 4.69) is 17.4 Å². The summed E-state index contributed by atoms with van der Waals surface area (Å²) >= 11 is 0. The summed E-state index contributed by atoms with van der Waals surface area (Å²) in [6, 6.07) is -0.349. The molecule has 0 aliphatic carbocycles. The van der Waals surface area contributed by atoms with Crippen LogP contribution in [0.2, 0.25) is 0 Å². The summed E-state index contributed by atoms with van der Waals surface area (Å²) in [5.74, 6) is 0. The van der Waals surface area contributed by atoms with E-state index < -0.39 is 0 Å². The third-order valence-electron chi connectivity index (χ3n) is 0.794. The average Bonchev–Trinajstić information content (AvgIpc) is 1.97. The molecule has 0 saturated heterocycles. The predicted molar refractivity (Wildman–Crippen MR) is 43.0 cm³/mol. The lowest BCUT2D eigenvalue weighted by Gasteiger charge is -2.08. The van der Waals surface area contributed by atoms with Gasteiger partial charge in [-0.15, -0.1) is 6.58 Å². The summed E-state index contributed by atoms with van der Waals surface area (Å²) < 4.78 is 0. The maximum absolute atomic E-state index is 10.7. The highest BCUT2D eigenvalue weighted by Crippen LogP contribution is 1.81. The van der Waals surface area contributed by atoms with Crippen LogP contribution in [0.1, 0.15) is 13.8 Å². The van der Waals surface area contributed by atoms with Gasteiger partial charge in [-0.1, -0.05) is 6.08 Å². The van der Waals surface area contributed by atoms with Crippen LogP contribution in [0.15, 0.2) is 12.7 Å². The largest absolute Gasteiger partial charge is 0.338 e. The summed E-state index contributed by atoms with van der Waals surface area (Å²) in [5, 5.41) is 2.49. The molecule has 0 bridgehead atoms. The molecule has 0 radical (unpaired) electrons. The normalized spacial score (nSPS) is 9.36. The van der Waals surface area contributed by atoms with Crippen molar-refractivity contribution in [2.45, 2.75) is 20.0 Å². The number of urea groups is 1. The highest BCUT2D eigenvalue weighted by Gasteiger charge is 1.98. The van der Waals surface area contributed by atoms with Gasteiger partial charge in [-0.25, -0.2) is 10.3 Å². The average molecular weight is 158 g/mol. The summed E-state index contributed by atoms with van der Waals surface area (Å²) in [4.78, 5) is 15.5. The predicted octanol–water partition coefficient (Wildman–Crippen LogP) is 0.812. The number of rotatable bonds is 4. The lowest BCUT2D eigenvalue weighted by Crippen LogP contribution is -2.36. The molecule has 2 N–H and O–H groups in total. The van der Waals surface area contributed by atoms with Crippen molar-refractivity contribution in [1.82, 2.24) is 10.8 Å². The van der Waals surface area contributed by atoms with E-state index in [-0.39, 0.29) is 12.1 Å². The quantitative estimate of drug-likeness (QED) is 0.470. The number of carbonyl (C=O) groups is 1. The van der Waals surface area contributed by atoms with Gasteiger partial charge in [-0.2, -0.15) is 0 Å². The van der Waals surface area contributed by atoms with Gasteiger partial charge in [0, 0.05) is 6.54 Å². The van der Waals surface area contributed by atoms with Crippen LogP contribution in [0.3, 0.4) is 0 Å². The Morgan fingerprint density at radius 1 is 1.73 bits per heavy atom. The molecule has 0 aromatic carbocycles. The van der Waals surface area contributed by atoms with Crippen molar-refractivity contribution in [2.75, 3.05) is 6.54 Å². The van der Waals surface area contributed by atoms with Crippen LogP contribution in [0.25, 0.3) is 0 Å². The molecule has 0 atom stereocenters. The zero-order chi connectivity index (χ0) is 8.69. The molecule has 64 valence electrons. The van der Waals surface area contributed by atoms with Crippen LogP contribution in [0.4, 0.5) is 4.79 Å². The minimum Gasteiger partial charge on any atom is -0.333 e. The lowest BCUT2D eigenvalue weighted by molar-refractivity contribution is 0.0165. The van der Waals surface area contributed by atoms with Gasteiger partial charge >= 0.3 is 6.03 Å². The molecule has 0 heterocycles. The molecule has 0 saturated carbocycles. The Balaban J connectivity index is 3.29. The van der Waals surface area contributed by atoms with E-state index in [9.17, 15) is 4.79 Å². The van der Waals surface area contributed by atoms with Crippen molar-refractivity contribution in [3.63, 3.8) is 0 Å². The first kappa shape index (κ1) is 9.97. The summed E-state index contributed by atoms with van der Waals surface area (Å²) in [5.41, 5.74) is 2.22. The maximum atomic E-state index is 10.7. The second kappa shape index (κ2) is 5.73. The van der Waals surface area contributed by atoms with Gasteiger partial charge in [0.15, 0.2) is 0 Å². The standard InChI is InChI=1S/C7H14N2O2/c1-4-5-8-7(10)9-11-6(2)3/h4,6H,1,5H2,2-3H3,(H2,8,9,10). The van der Waals surface area contributed by atoms with Crippen molar-refractivity contribution in [3.8, 4) is 0 Å². The Kier molecular flexibility index (Phi) is 5.20. The summed E-state index contributed by atoms with van der Waals surface area (Å²) in [6.45, 7) is 7.54. The molecule has 0 spiro atoms. The van der Waals surface area contributed by atoms with Crippen molar-refractivity contribution in [3.05, 3.63) is 12.7 Å². The molecule has 0 unspecified atom stereocenters. The third kappa shape index (κ3) is 6.86. The molecule has 2 amide bonds. The van der Waals surface area contributed by atoms with E-state index in [1.165, 1.54) is 0 Å². The zero-order valence-electron chi connectivity index (χ0n) is 6.89. The number of amides is 2. The van der Waals surface area contributed by atoms with E-state index in [1.54, 1.807) is 6.08 Å². The van der Waals surface area contributed by atoms with Gasteiger partial charge in [0.1, 0.15) is 0 Å². The van der Waals surface area contributed by atoms with Crippen LogP contribution in [-0.4, -0.2) is 18.7 Å². The van der Waals surface area contributed by atoms with E-state index in [0.717, 1.165) is 0 Å². The van der Waals surface area contributed by atoms with Gasteiger partial charge in [-0.05, 0) is 13.8 Å². The Hall–Kier alpha value is -1.03. The highest BCUT2D eigenvalue weighted by atomic mass is 16.7. The first-order valence-corrected chi connectivity index (χ1v) is 3.47. The van der Waals surface area contributed by atoms with E-state index in [0.29, 0.717) is 6.54 Å². The maximum Gasteiger partial charge on any atom is 0.338 e. The zero-order valence-corrected chi connectivity index (χ0v) is 6.89. The van der Waals surface area contributed by atoms with E-state index >= 15 is 0 Å². The molecule has 0 aliphatic heterocycles. The van der Waals surface area contributed by atoms with Crippen molar-refractivity contribution >= 4 is 6.03 Å². The van der Waals surface area contributed by atoms with E-state index in [1.807, 2.05) is 13.8 Å². The fourth-order valence-electron chi connectivity index (χ4n) is 0.372. The Labute approximate surface area is 66.6 Å². The SMILES string of the molecule is C=CCNC(=O)NOC(C)C. The number of hydrogen-bond acceptors (Lipinski definition) is 2. The molecule has 0 aliphatic rings. The van der Waals surface area contributed by atoms with Gasteiger partial charge < -0.3 is 5.32 Å². The molecule has 4 heteroatoms. The molecule has 0 aromatic heterocycles. The molecule has 11 heavy (non-hydrogen) atoms. The Morgan fingerprint density at radius 2 is 2.36 bits per heavy atom. The molecule has 0 rings (SSSR count). The minimum absolute atomic E-state index is 0.00974. The second-order valence-corrected chi connectivity index (χ2v) is 2.27. The smallest absolute Gasteiger partial charge is 0.333 e. The van der Waals surface area contributed by atoms with Gasteiger partial charge in [0.2, 0.25) is 0 Å².